The van der Waals surface area contributed by atoms with E-state index < -0.39 is 23.7 Å². The number of urea groups is 1. The molecule has 0 radical (unpaired) electrons. The lowest BCUT2D eigenvalue weighted by Crippen LogP contribution is -2.30. The van der Waals surface area contributed by atoms with E-state index >= 15 is 0 Å². The molecule has 4 rings (SSSR count). The second-order valence-corrected chi connectivity index (χ2v) is 7.22. The van der Waals surface area contributed by atoms with Gasteiger partial charge in [0, 0.05) is 17.6 Å². The lowest BCUT2D eigenvalue weighted by atomic mass is 10.1. The third-order valence-corrected chi connectivity index (χ3v) is 4.95. The molecular formula is C23H18F3N3O2. The van der Waals surface area contributed by atoms with Gasteiger partial charge in [-0.05, 0) is 48.9 Å². The van der Waals surface area contributed by atoms with E-state index in [0.717, 1.165) is 28.2 Å². The number of aromatic nitrogens is 1. The van der Waals surface area contributed by atoms with E-state index in [1.165, 1.54) is 22.8 Å². The molecule has 1 fully saturated rings. The number of aryl methyl sites for hydroxylation is 1. The van der Waals surface area contributed by atoms with Gasteiger partial charge in [-0.3, -0.25) is 9.69 Å². The highest BCUT2D eigenvalue weighted by Crippen LogP contribution is 2.31. The van der Waals surface area contributed by atoms with Crippen molar-refractivity contribution in [2.75, 3.05) is 0 Å². The number of hydrogen-bond donors (Lipinski definition) is 1. The maximum Gasteiger partial charge on any atom is 0.416 e. The van der Waals surface area contributed by atoms with Gasteiger partial charge in [0.05, 0.1) is 12.1 Å². The lowest BCUT2D eigenvalue weighted by Gasteiger charge is -2.12. The van der Waals surface area contributed by atoms with Crippen LogP contribution >= 0.6 is 0 Å². The fraction of sp³-hybridized carbons (Fsp3) is 0.130. The van der Waals surface area contributed by atoms with Crippen LogP contribution in [0.3, 0.4) is 0 Å². The quantitative estimate of drug-likeness (QED) is 0.478. The van der Waals surface area contributed by atoms with Crippen LogP contribution in [0.5, 0.6) is 0 Å². The monoisotopic (exact) mass is 425 g/mol. The predicted molar refractivity (Wildman–Crippen MR) is 109 cm³/mol. The van der Waals surface area contributed by atoms with E-state index in [9.17, 15) is 22.8 Å². The number of alkyl halides is 3. The lowest BCUT2D eigenvalue weighted by molar-refractivity contribution is -0.137. The molecule has 8 heteroatoms. The number of nitrogens with zero attached hydrogens (tertiary/aromatic N) is 2. The smallest absolute Gasteiger partial charge is 0.317 e. The van der Waals surface area contributed by atoms with Crippen LogP contribution in [0.25, 0.3) is 11.8 Å². The Morgan fingerprint density at radius 3 is 2.45 bits per heavy atom. The first-order valence-corrected chi connectivity index (χ1v) is 9.47. The molecule has 0 aliphatic carbocycles. The molecule has 1 aliphatic rings. The summed E-state index contributed by atoms with van der Waals surface area (Å²) in [5.41, 5.74) is 1.91. The summed E-state index contributed by atoms with van der Waals surface area (Å²) >= 11 is 0. The normalized spacial score (nSPS) is 15.6. The minimum atomic E-state index is -4.46. The maximum atomic E-state index is 13.1. The van der Waals surface area contributed by atoms with Gasteiger partial charge in [-0.1, -0.05) is 35.9 Å². The molecule has 0 unspecified atom stereocenters. The molecule has 2 heterocycles. The van der Waals surface area contributed by atoms with Gasteiger partial charge >= 0.3 is 12.2 Å². The van der Waals surface area contributed by atoms with Gasteiger partial charge in [0.1, 0.15) is 5.70 Å². The Bertz CT molecular complexity index is 1180. The van der Waals surface area contributed by atoms with E-state index in [4.69, 9.17) is 0 Å². The molecule has 3 amide bonds. The highest BCUT2D eigenvalue weighted by molar-refractivity contribution is 6.13. The Morgan fingerprint density at radius 2 is 1.74 bits per heavy atom. The molecule has 31 heavy (non-hydrogen) atoms. The van der Waals surface area contributed by atoms with E-state index in [1.54, 1.807) is 18.3 Å². The summed E-state index contributed by atoms with van der Waals surface area (Å²) in [4.78, 5) is 26.2. The van der Waals surface area contributed by atoms with Gasteiger partial charge in [-0.15, -0.1) is 0 Å². The van der Waals surface area contributed by atoms with Gasteiger partial charge in [0.15, 0.2) is 0 Å². The minimum absolute atomic E-state index is 0.0593. The van der Waals surface area contributed by atoms with Crippen molar-refractivity contribution < 1.29 is 22.8 Å². The second kappa shape index (κ2) is 7.79. The number of carbonyl (C=O) groups is 2. The first-order chi connectivity index (χ1) is 14.7. The Balaban J connectivity index is 1.61. The molecule has 0 spiro atoms. The number of hydrogen-bond acceptors (Lipinski definition) is 2. The number of halogens is 3. The van der Waals surface area contributed by atoms with Crippen molar-refractivity contribution in [3.63, 3.8) is 0 Å². The van der Waals surface area contributed by atoms with Crippen LogP contribution in [-0.2, 0) is 17.5 Å². The predicted octanol–water partition coefficient (Wildman–Crippen LogP) is 4.90. The van der Waals surface area contributed by atoms with Crippen molar-refractivity contribution in [3.05, 3.63) is 94.9 Å². The number of nitrogens with one attached hydrogen (secondary N) is 1. The van der Waals surface area contributed by atoms with Gasteiger partial charge < -0.3 is 9.88 Å². The average molecular weight is 425 g/mol. The molecule has 1 aliphatic heterocycles. The summed E-state index contributed by atoms with van der Waals surface area (Å²) in [7, 11) is 0. The Kier molecular flexibility index (Phi) is 5.14. The van der Waals surface area contributed by atoms with Crippen molar-refractivity contribution in [1.29, 1.82) is 0 Å². The summed E-state index contributed by atoms with van der Waals surface area (Å²) in [5, 5.41) is 2.54. The highest BCUT2D eigenvalue weighted by Gasteiger charge is 2.34. The first kappa shape index (κ1) is 20.5. The van der Waals surface area contributed by atoms with Crippen LogP contribution in [0, 0.1) is 6.92 Å². The molecule has 158 valence electrons. The zero-order valence-electron chi connectivity index (χ0n) is 16.5. The minimum Gasteiger partial charge on any atom is -0.317 e. The van der Waals surface area contributed by atoms with Crippen molar-refractivity contribution in [2.24, 2.45) is 0 Å². The largest absolute Gasteiger partial charge is 0.416 e. The maximum absolute atomic E-state index is 13.1. The van der Waals surface area contributed by atoms with Crippen LogP contribution in [0.1, 0.15) is 22.4 Å². The van der Waals surface area contributed by atoms with Crippen LogP contribution < -0.4 is 5.32 Å². The number of benzene rings is 2. The fourth-order valence-electron chi connectivity index (χ4n) is 3.32. The third kappa shape index (κ3) is 4.23. The van der Waals surface area contributed by atoms with Crippen LogP contribution in [0.2, 0.25) is 0 Å². The molecule has 2 aromatic carbocycles. The molecule has 0 saturated carbocycles. The van der Waals surface area contributed by atoms with Gasteiger partial charge in [0.2, 0.25) is 0 Å². The zero-order valence-corrected chi connectivity index (χ0v) is 16.5. The number of imide groups is 1. The van der Waals surface area contributed by atoms with Crippen LogP contribution in [0.4, 0.5) is 18.0 Å². The van der Waals surface area contributed by atoms with E-state index in [1.807, 2.05) is 31.2 Å². The van der Waals surface area contributed by atoms with Crippen LogP contribution in [0.15, 0.2) is 72.6 Å². The highest BCUT2D eigenvalue weighted by atomic mass is 19.4. The Morgan fingerprint density at radius 1 is 1.00 bits per heavy atom. The van der Waals surface area contributed by atoms with Crippen molar-refractivity contribution in [2.45, 2.75) is 19.6 Å². The number of carbonyl (C=O) groups excluding carboxylic acids is 2. The summed E-state index contributed by atoms with van der Waals surface area (Å²) < 4.78 is 40.7. The van der Waals surface area contributed by atoms with Crippen molar-refractivity contribution in [3.8, 4) is 5.69 Å². The second-order valence-electron chi connectivity index (χ2n) is 7.22. The molecule has 0 bridgehead atoms. The molecule has 1 N–H and O–H groups in total. The number of rotatable bonds is 4. The molecular weight excluding hydrogens is 407 g/mol. The van der Waals surface area contributed by atoms with Crippen molar-refractivity contribution >= 4 is 18.0 Å². The molecule has 5 nitrogen and oxygen atoms in total. The summed E-state index contributed by atoms with van der Waals surface area (Å²) in [6.07, 6.45) is -1.42. The summed E-state index contributed by atoms with van der Waals surface area (Å²) in [6.45, 7) is 2.06. The standard InChI is InChI=1S/C23H18F3N3O2/c1-15-7-9-16(10-8-15)14-29-21(30)20(27-22(29)31)13-19-6-3-11-28(19)18-5-2-4-17(12-18)23(24,25)26/h2-13H,14H2,1H3,(H,27,31). The van der Waals surface area contributed by atoms with E-state index in [0.29, 0.717) is 11.4 Å². The third-order valence-electron chi connectivity index (χ3n) is 4.95. The molecule has 0 atom stereocenters. The average Bonchev–Trinajstić information content (AvgIpc) is 3.29. The molecule has 1 aromatic heterocycles. The van der Waals surface area contributed by atoms with Gasteiger partial charge in [-0.25, -0.2) is 4.79 Å². The molecule has 1 saturated heterocycles. The topological polar surface area (TPSA) is 54.3 Å². The van der Waals surface area contributed by atoms with Crippen molar-refractivity contribution in [1.82, 2.24) is 14.8 Å². The number of amides is 3. The van der Waals surface area contributed by atoms with E-state index in [-0.39, 0.29) is 12.2 Å². The fourth-order valence-corrected chi connectivity index (χ4v) is 3.32. The Hall–Kier alpha value is -3.81. The van der Waals surface area contributed by atoms with E-state index in [2.05, 4.69) is 5.32 Å². The van der Waals surface area contributed by atoms with Gasteiger partial charge in [0.25, 0.3) is 5.91 Å². The molecule has 3 aromatic rings. The Labute approximate surface area is 176 Å². The SMILES string of the molecule is Cc1ccc(CN2C(=O)NC(=Cc3cccn3-c3cccc(C(F)(F)F)c3)C2=O)cc1. The summed E-state index contributed by atoms with van der Waals surface area (Å²) in [5.74, 6) is -0.498. The summed E-state index contributed by atoms with van der Waals surface area (Å²) in [6, 6.07) is 15.1. The van der Waals surface area contributed by atoms with Crippen LogP contribution in [-0.4, -0.2) is 21.4 Å². The van der Waals surface area contributed by atoms with Gasteiger partial charge in [-0.2, -0.15) is 13.2 Å². The first-order valence-electron chi connectivity index (χ1n) is 9.47. The zero-order chi connectivity index (χ0) is 22.2.